The van der Waals surface area contributed by atoms with E-state index in [1.807, 2.05) is 6.07 Å². The van der Waals surface area contributed by atoms with Crippen molar-refractivity contribution in [2.45, 2.75) is 83.1 Å². The van der Waals surface area contributed by atoms with Gasteiger partial charge in [-0.1, -0.05) is 43.9 Å². The number of nitrogen functional groups attached to an aromatic ring is 1. The van der Waals surface area contributed by atoms with Crippen LogP contribution < -0.4 is 26.4 Å². The molecule has 3 aliphatic carbocycles. The molecule has 14 heteroatoms. The summed E-state index contributed by atoms with van der Waals surface area (Å²) in [5, 5.41) is 26.9. The van der Waals surface area contributed by atoms with Crippen molar-refractivity contribution in [2.75, 3.05) is 30.7 Å². The second-order valence-corrected chi connectivity index (χ2v) is 15.1. The van der Waals surface area contributed by atoms with Gasteiger partial charge in [0.25, 0.3) is 11.8 Å². The van der Waals surface area contributed by atoms with Gasteiger partial charge in [0, 0.05) is 48.7 Å². The molecule has 2 aliphatic heterocycles. The molecule has 1 unspecified atom stereocenters. The summed E-state index contributed by atoms with van der Waals surface area (Å²) in [4.78, 5) is 63.7. The van der Waals surface area contributed by atoms with Crippen LogP contribution in [-0.2, 0) is 14.4 Å². The van der Waals surface area contributed by atoms with Crippen molar-refractivity contribution >= 4 is 41.0 Å². The number of hydrogen-bond acceptors (Lipinski definition) is 11. The van der Waals surface area contributed by atoms with Crippen LogP contribution in [0.4, 0.5) is 11.5 Å². The summed E-state index contributed by atoms with van der Waals surface area (Å²) in [7, 11) is 0. The maximum Gasteiger partial charge on any atom is 0.264 e. The van der Waals surface area contributed by atoms with Crippen LogP contribution in [0.1, 0.15) is 97.8 Å². The Bertz CT molecular complexity index is 1930. The van der Waals surface area contributed by atoms with E-state index in [0.29, 0.717) is 48.8 Å². The minimum atomic E-state index is -0.988. The number of ether oxygens (including phenoxy) is 1. The zero-order valence-corrected chi connectivity index (χ0v) is 29.6. The monoisotopic (exact) mass is 723 g/mol. The van der Waals surface area contributed by atoms with Gasteiger partial charge in [-0.05, 0) is 68.2 Å². The second kappa shape index (κ2) is 14.8. The van der Waals surface area contributed by atoms with Gasteiger partial charge in [-0.25, -0.2) is 0 Å². The SMILES string of the molecule is Nc1nnc(-c2ccccc2O)cc1OCC12CC(CNC(=O)CCCCCCCCNc3cccc4c3C(=O)N(C3CCC(=O)NC3=O)C4=O)(C1)C2. The number of benzene rings is 2. The number of carbonyl (C=O) groups excluding carboxylic acids is 5. The third-order valence-electron chi connectivity index (χ3n) is 11.0. The quantitative estimate of drug-likeness (QED) is 0.0978. The molecule has 3 aromatic rings. The van der Waals surface area contributed by atoms with Crippen molar-refractivity contribution < 1.29 is 33.8 Å². The maximum atomic E-state index is 13.2. The van der Waals surface area contributed by atoms with Gasteiger partial charge in [0.05, 0.1) is 17.7 Å². The standard InChI is InChI=1S/C39H45N7O7/c40-34-30(18-27(44-45-34)24-10-6-7-13-29(24)47)53-23-39-19-38(20-39,21-39)22-42-31(48)14-5-3-1-2-4-8-17-41-26-12-9-11-25-33(26)37(52)46(36(25)51)28-15-16-32(49)43-35(28)50/h6-7,9-13,18,28,41,47H,1-5,8,14-17,19-23H2,(H2,40,45)(H,42,48)(H,43,49,50). The first-order valence-corrected chi connectivity index (χ1v) is 18.5. The van der Waals surface area contributed by atoms with E-state index in [1.54, 1.807) is 42.5 Å². The van der Waals surface area contributed by atoms with Crippen LogP contribution in [0.15, 0.2) is 48.5 Å². The first kappa shape index (κ1) is 35.9. The van der Waals surface area contributed by atoms with Crippen molar-refractivity contribution in [1.29, 1.82) is 0 Å². The van der Waals surface area contributed by atoms with Crippen molar-refractivity contribution in [1.82, 2.24) is 25.7 Å². The molecule has 6 N–H and O–H groups in total. The number of nitrogens with one attached hydrogen (secondary N) is 3. The maximum absolute atomic E-state index is 13.2. The van der Waals surface area contributed by atoms with E-state index in [0.717, 1.165) is 62.7 Å². The normalized spacial score (nSPS) is 22.8. The van der Waals surface area contributed by atoms with Crippen molar-refractivity contribution in [3.8, 4) is 22.8 Å². The number of unbranched alkanes of at least 4 members (excludes halogenated alkanes) is 5. The third kappa shape index (κ3) is 7.40. The topological polar surface area (TPSA) is 206 Å². The smallest absolute Gasteiger partial charge is 0.264 e. The van der Waals surface area contributed by atoms with Crippen LogP contribution in [0.25, 0.3) is 11.3 Å². The molecule has 1 saturated heterocycles. The fourth-order valence-corrected chi connectivity index (χ4v) is 8.50. The Morgan fingerprint density at radius 2 is 1.66 bits per heavy atom. The third-order valence-corrected chi connectivity index (χ3v) is 11.0. The number of anilines is 2. The number of rotatable bonds is 17. The van der Waals surface area contributed by atoms with Gasteiger partial charge in [-0.2, -0.15) is 0 Å². The van der Waals surface area contributed by atoms with Crippen LogP contribution in [0.3, 0.4) is 0 Å². The van der Waals surface area contributed by atoms with Crippen LogP contribution >= 0.6 is 0 Å². The Balaban J connectivity index is 0.743. The lowest BCUT2D eigenvalue weighted by Gasteiger charge is -2.70. The zero-order valence-electron chi connectivity index (χ0n) is 29.6. The molecule has 2 bridgehead atoms. The summed E-state index contributed by atoms with van der Waals surface area (Å²) in [6, 6.07) is 12.7. The van der Waals surface area contributed by atoms with E-state index >= 15 is 0 Å². The summed E-state index contributed by atoms with van der Waals surface area (Å²) >= 11 is 0. The Morgan fingerprint density at radius 3 is 2.43 bits per heavy atom. The average molecular weight is 724 g/mol. The van der Waals surface area contributed by atoms with Crippen molar-refractivity contribution in [3.05, 3.63) is 59.7 Å². The molecule has 2 aromatic carbocycles. The van der Waals surface area contributed by atoms with Gasteiger partial charge in [-0.3, -0.25) is 34.2 Å². The molecule has 4 fully saturated rings. The van der Waals surface area contributed by atoms with Crippen molar-refractivity contribution in [3.63, 3.8) is 0 Å². The van der Waals surface area contributed by atoms with Gasteiger partial charge >= 0.3 is 0 Å². The summed E-state index contributed by atoms with van der Waals surface area (Å²) in [5.41, 5.74) is 8.44. The molecule has 5 amide bonds. The minimum absolute atomic E-state index is 0.0805. The lowest BCUT2D eigenvalue weighted by molar-refractivity contribution is -0.215. The van der Waals surface area contributed by atoms with E-state index in [9.17, 15) is 29.1 Å². The van der Waals surface area contributed by atoms with Crippen LogP contribution in [-0.4, -0.2) is 75.5 Å². The number of fused-ring (bicyclic) bond motifs is 1. The molecule has 0 radical (unpaired) electrons. The number of amides is 5. The Kier molecular flexibility index (Phi) is 10.0. The predicted molar refractivity (Wildman–Crippen MR) is 195 cm³/mol. The van der Waals surface area contributed by atoms with Gasteiger partial charge < -0.3 is 26.2 Å². The van der Waals surface area contributed by atoms with Gasteiger partial charge in [-0.15, -0.1) is 10.2 Å². The fourth-order valence-electron chi connectivity index (χ4n) is 8.50. The van der Waals surface area contributed by atoms with E-state index in [2.05, 4.69) is 26.1 Å². The summed E-state index contributed by atoms with van der Waals surface area (Å²) < 4.78 is 6.09. The molecule has 0 spiro atoms. The molecule has 8 rings (SSSR count). The number of carbonyl (C=O) groups is 5. The summed E-state index contributed by atoms with van der Waals surface area (Å²) in [5.74, 6) is -1.19. The molecular weight excluding hydrogens is 678 g/mol. The number of para-hydroxylation sites is 1. The highest BCUT2D eigenvalue weighted by Gasteiger charge is 2.67. The van der Waals surface area contributed by atoms with Crippen LogP contribution in [0, 0.1) is 10.8 Å². The van der Waals surface area contributed by atoms with E-state index < -0.39 is 29.7 Å². The molecule has 3 saturated carbocycles. The average Bonchev–Trinajstić information content (AvgIpc) is 3.36. The number of nitrogens with zero attached hydrogens (tertiary/aromatic N) is 3. The lowest BCUT2D eigenvalue weighted by atomic mass is 9.35. The van der Waals surface area contributed by atoms with E-state index in [-0.39, 0.29) is 52.3 Å². The van der Waals surface area contributed by atoms with E-state index in [1.165, 1.54) is 0 Å². The molecule has 1 aromatic heterocycles. The molecule has 14 nitrogen and oxygen atoms in total. The van der Waals surface area contributed by atoms with Crippen LogP contribution in [0.2, 0.25) is 0 Å². The highest BCUT2D eigenvalue weighted by molar-refractivity contribution is 6.25. The number of piperidine rings is 1. The Morgan fingerprint density at radius 1 is 0.925 bits per heavy atom. The first-order chi connectivity index (χ1) is 25.6. The molecular formula is C39H45N7O7. The summed E-state index contributed by atoms with van der Waals surface area (Å²) in [6.07, 6.45) is 9.46. The predicted octanol–water partition coefficient (Wildman–Crippen LogP) is 4.34. The molecule has 3 heterocycles. The number of nitrogens with two attached hydrogens (primary N) is 1. The Labute approximate surface area is 307 Å². The number of phenols is 1. The van der Waals surface area contributed by atoms with Crippen LogP contribution in [0.5, 0.6) is 11.5 Å². The summed E-state index contributed by atoms with van der Waals surface area (Å²) in [6.45, 7) is 1.84. The number of imide groups is 2. The van der Waals surface area contributed by atoms with Crippen molar-refractivity contribution in [2.24, 2.45) is 10.8 Å². The molecule has 53 heavy (non-hydrogen) atoms. The van der Waals surface area contributed by atoms with Gasteiger partial charge in [0.1, 0.15) is 17.5 Å². The lowest BCUT2D eigenvalue weighted by Crippen LogP contribution is -2.67. The molecule has 278 valence electrons. The van der Waals surface area contributed by atoms with Gasteiger partial charge in [0.2, 0.25) is 17.7 Å². The number of aromatic nitrogens is 2. The fraction of sp³-hybridized carbons (Fsp3) is 0.462. The minimum Gasteiger partial charge on any atom is -0.507 e. The molecule has 5 aliphatic rings. The zero-order chi connectivity index (χ0) is 37.2. The largest absolute Gasteiger partial charge is 0.507 e. The second-order valence-electron chi connectivity index (χ2n) is 15.1. The van der Waals surface area contributed by atoms with Gasteiger partial charge in [0.15, 0.2) is 11.6 Å². The number of hydrogen-bond donors (Lipinski definition) is 5. The van der Waals surface area contributed by atoms with E-state index in [4.69, 9.17) is 10.5 Å². The molecule has 1 atom stereocenters. The first-order valence-electron chi connectivity index (χ1n) is 18.5. The number of phenolic OH excluding ortho intramolecular Hbond substituents is 1. The highest BCUT2D eigenvalue weighted by atomic mass is 16.5. The Hall–Kier alpha value is -5.53. The highest BCUT2D eigenvalue weighted by Crippen LogP contribution is 2.73. The number of aromatic hydroxyl groups is 1.